The molecule has 0 amide bonds. The summed E-state index contributed by atoms with van der Waals surface area (Å²) in [7, 11) is 2.25. The van der Waals surface area contributed by atoms with Crippen molar-refractivity contribution in [2.45, 2.75) is 44.0 Å². The zero-order valence-corrected chi connectivity index (χ0v) is 12.4. The Hall–Kier alpha value is -0.500. The van der Waals surface area contributed by atoms with Gasteiger partial charge in [-0.3, -0.25) is 0 Å². The van der Waals surface area contributed by atoms with E-state index in [1.165, 1.54) is 36.9 Å². The lowest BCUT2D eigenvalue weighted by atomic mass is 9.85. The topological polar surface area (TPSA) is 3.24 Å². The van der Waals surface area contributed by atoms with Gasteiger partial charge in [0.05, 0.1) is 0 Å². The second-order valence-electron chi connectivity index (χ2n) is 5.24. The third-order valence-corrected chi connectivity index (χ3v) is 4.71. The average Bonchev–Trinajstić information content (AvgIpc) is 2.39. The summed E-state index contributed by atoms with van der Waals surface area (Å²) in [5, 5.41) is 0.941. The molecule has 1 fully saturated rings. The summed E-state index contributed by atoms with van der Waals surface area (Å²) in [5.74, 6) is 0.824. The average molecular weight is 296 g/mol. The zero-order chi connectivity index (χ0) is 12.3. The fourth-order valence-corrected chi connectivity index (χ4v) is 3.26. The molecular weight excluding hydrogens is 274 g/mol. The molecule has 17 heavy (non-hydrogen) atoms. The first kappa shape index (κ1) is 12.9. The molecule has 2 rings (SSSR count). The van der Waals surface area contributed by atoms with Crippen molar-refractivity contribution in [2.75, 3.05) is 11.9 Å². The fourth-order valence-electron chi connectivity index (χ4n) is 2.88. The molecule has 2 atom stereocenters. The van der Waals surface area contributed by atoms with Gasteiger partial charge < -0.3 is 4.90 Å². The maximum atomic E-state index is 3.49. The second kappa shape index (κ2) is 5.90. The molecule has 0 saturated heterocycles. The van der Waals surface area contributed by atoms with Gasteiger partial charge in [0.15, 0.2) is 0 Å². The van der Waals surface area contributed by atoms with Gasteiger partial charge in [-0.25, -0.2) is 0 Å². The minimum atomic E-state index is 0.721. The molecule has 1 aliphatic carbocycles. The molecule has 2 heteroatoms. The highest BCUT2D eigenvalue weighted by atomic mass is 79.9. The van der Waals surface area contributed by atoms with Crippen LogP contribution in [0.2, 0.25) is 0 Å². The lowest BCUT2D eigenvalue weighted by Gasteiger charge is -2.37. The summed E-state index contributed by atoms with van der Waals surface area (Å²) < 4.78 is 0. The maximum Gasteiger partial charge on any atom is 0.0366 e. The van der Waals surface area contributed by atoms with Crippen molar-refractivity contribution in [1.82, 2.24) is 0 Å². The highest BCUT2D eigenvalue weighted by molar-refractivity contribution is 9.08. The van der Waals surface area contributed by atoms with Crippen LogP contribution in [0.15, 0.2) is 24.3 Å². The molecule has 2 unspecified atom stereocenters. The van der Waals surface area contributed by atoms with Gasteiger partial charge in [0, 0.05) is 24.1 Å². The van der Waals surface area contributed by atoms with Gasteiger partial charge in [-0.1, -0.05) is 47.8 Å². The van der Waals surface area contributed by atoms with Crippen LogP contribution in [0.3, 0.4) is 0 Å². The van der Waals surface area contributed by atoms with Crippen molar-refractivity contribution in [1.29, 1.82) is 0 Å². The first-order chi connectivity index (χ1) is 8.22. The van der Waals surface area contributed by atoms with E-state index in [0.29, 0.717) is 0 Å². The van der Waals surface area contributed by atoms with Crippen molar-refractivity contribution in [3.8, 4) is 0 Å². The quantitative estimate of drug-likeness (QED) is 0.737. The Morgan fingerprint density at radius 2 is 1.82 bits per heavy atom. The zero-order valence-electron chi connectivity index (χ0n) is 10.8. The molecule has 0 radical (unpaired) electrons. The first-order valence-corrected chi connectivity index (χ1v) is 7.72. The van der Waals surface area contributed by atoms with Crippen LogP contribution in [0.4, 0.5) is 5.69 Å². The van der Waals surface area contributed by atoms with Crippen LogP contribution in [0.1, 0.15) is 38.2 Å². The minimum absolute atomic E-state index is 0.721. The van der Waals surface area contributed by atoms with E-state index in [1.54, 1.807) is 0 Å². The van der Waals surface area contributed by atoms with E-state index in [1.807, 2.05) is 0 Å². The normalized spacial score (nSPS) is 24.6. The molecule has 94 valence electrons. The largest absolute Gasteiger partial charge is 0.371 e. The standard InChI is InChI=1S/C15H22BrN/c1-12-5-3-4-6-15(12)17(2)14-9-7-13(11-16)8-10-14/h7-10,12,15H,3-6,11H2,1-2H3. The van der Waals surface area contributed by atoms with Gasteiger partial charge in [0.25, 0.3) is 0 Å². The Kier molecular flexibility index (Phi) is 4.49. The summed E-state index contributed by atoms with van der Waals surface area (Å²) in [4.78, 5) is 2.47. The van der Waals surface area contributed by atoms with Crippen LogP contribution in [0.25, 0.3) is 0 Å². The number of hydrogen-bond acceptors (Lipinski definition) is 1. The predicted octanol–water partition coefficient (Wildman–Crippen LogP) is 4.60. The highest BCUT2D eigenvalue weighted by Gasteiger charge is 2.24. The maximum absolute atomic E-state index is 3.49. The van der Waals surface area contributed by atoms with Gasteiger partial charge in [0.2, 0.25) is 0 Å². The van der Waals surface area contributed by atoms with Crippen LogP contribution in [0.5, 0.6) is 0 Å². The van der Waals surface area contributed by atoms with Crippen LogP contribution >= 0.6 is 15.9 Å². The number of nitrogens with zero attached hydrogens (tertiary/aromatic N) is 1. The monoisotopic (exact) mass is 295 g/mol. The van der Waals surface area contributed by atoms with E-state index in [4.69, 9.17) is 0 Å². The SMILES string of the molecule is CC1CCCCC1N(C)c1ccc(CBr)cc1. The summed E-state index contributed by atoms with van der Waals surface area (Å²) in [5.41, 5.74) is 2.70. The molecule has 1 aromatic rings. The number of rotatable bonds is 3. The van der Waals surface area contributed by atoms with Crippen molar-refractivity contribution < 1.29 is 0 Å². The molecule has 1 aromatic carbocycles. The second-order valence-corrected chi connectivity index (χ2v) is 5.80. The fraction of sp³-hybridized carbons (Fsp3) is 0.600. The number of anilines is 1. The number of hydrogen-bond donors (Lipinski definition) is 0. The van der Waals surface area contributed by atoms with Gasteiger partial charge >= 0.3 is 0 Å². The number of benzene rings is 1. The molecule has 1 nitrogen and oxygen atoms in total. The van der Waals surface area contributed by atoms with E-state index in [2.05, 4.69) is 59.1 Å². The van der Waals surface area contributed by atoms with E-state index < -0.39 is 0 Å². The molecule has 0 bridgehead atoms. The summed E-state index contributed by atoms with van der Waals surface area (Å²) in [6.45, 7) is 2.40. The van der Waals surface area contributed by atoms with Crippen molar-refractivity contribution in [3.05, 3.63) is 29.8 Å². The smallest absolute Gasteiger partial charge is 0.0366 e. The lowest BCUT2D eigenvalue weighted by molar-refractivity contribution is 0.321. The minimum Gasteiger partial charge on any atom is -0.371 e. The summed E-state index contributed by atoms with van der Waals surface area (Å²) >= 11 is 3.49. The Morgan fingerprint density at radius 1 is 1.18 bits per heavy atom. The van der Waals surface area contributed by atoms with Crippen LogP contribution in [-0.4, -0.2) is 13.1 Å². The number of halogens is 1. The van der Waals surface area contributed by atoms with Crippen molar-refractivity contribution in [3.63, 3.8) is 0 Å². The van der Waals surface area contributed by atoms with Crippen LogP contribution < -0.4 is 4.90 Å². The molecule has 0 N–H and O–H groups in total. The predicted molar refractivity (Wildman–Crippen MR) is 78.9 cm³/mol. The Balaban J connectivity index is 2.09. The van der Waals surface area contributed by atoms with Crippen LogP contribution in [0, 0.1) is 5.92 Å². The first-order valence-electron chi connectivity index (χ1n) is 6.60. The summed E-state index contributed by atoms with van der Waals surface area (Å²) in [6.07, 6.45) is 5.53. The molecule has 1 saturated carbocycles. The number of alkyl halides is 1. The third-order valence-electron chi connectivity index (χ3n) is 4.06. The Bertz CT molecular complexity index is 346. The highest BCUT2D eigenvalue weighted by Crippen LogP contribution is 2.30. The van der Waals surface area contributed by atoms with Gasteiger partial charge in [-0.2, -0.15) is 0 Å². The molecule has 0 aromatic heterocycles. The molecule has 0 heterocycles. The van der Waals surface area contributed by atoms with Gasteiger partial charge in [-0.15, -0.1) is 0 Å². The molecular formula is C15H22BrN. The lowest BCUT2D eigenvalue weighted by Crippen LogP contribution is -2.38. The Labute approximate surface area is 113 Å². The Morgan fingerprint density at radius 3 is 2.41 bits per heavy atom. The molecule has 1 aliphatic rings. The van der Waals surface area contributed by atoms with E-state index in [-0.39, 0.29) is 0 Å². The molecule has 0 aliphatic heterocycles. The van der Waals surface area contributed by atoms with Gasteiger partial charge in [-0.05, 0) is 36.5 Å². The van der Waals surface area contributed by atoms with E-state index >= 15 is 0 Å². The molecule has 0 spiro atoms. The van der Waals surface area contributed by atoms with Crippen molar-refractivity contribution in [2.24, 2.45) is 5.92 Å². The van der Waals surface area contributed by atoms with Crippen molar-refractivity contribution >= 4 is 21.6 Å². The third kappa shape index (κ3) is 3.04. The van der Waals surface area contributed by atoms with Crippen LogP contribution in [-0.2, 0) is 5.33 Å². The van der Waals surface area contributed by atoms with E-state index in [9.17, 15) is 0 Å². The van der Waals surface area contributed by atoms with E-state index in [0.717, 1.165) is 17.3 Å². The van der Waals surface area contributed by atoms with Gasteiger partial charge in [0.1, 0.15) is 0 Å². The summed E-state index contributed by atoms with van der Waals surface area (Å²) in [6, 6.07) is 9.65.